The zero-order valence-corrected chi connectivity index (χ0v) is 7.16. The van der Waals surface area contributed by atoms with Gasteiger partial charge < -0.3 is 0 Å². The predicted molar refractivity (Wildman–Crippen MR) is 45.2 cm³/mol. The number of hydrogen-bond acceptors (Lipinski definition) is 2. The van der Waals surface area contributed by atoms with Crippen LogP contribution in [0.2, 0.25) is 5.02 Å². The predicted octanol–water partition coefficient (Wildman–Crippen LogP) is 1.86. The van der Waals surface area contributed by atoms with Crippen LogP contribution in [0.5, 0.6) is 0 Å². The first-order chi connectivity index (χ1) is 6.27. The van der Waals surface area contributed by atoms with Gasteiger partial charge in [-0.15, -0.1) is 5.10 Å². The van der Waals surface area contributed by atoms with Crippen LogP contribution >= 0.6 is 11.6 Å². The van der Waals surface area contributed by atoms with Crippen LogP contribution in [0.4, 0.5) is 4.39 Å². The molecule has 0 amide bonds. The maximum Gasteiger partial charge on any atom is 0.144 e. The Morgan fingerprint density at radius 1 is 1.46 bits per heavy atom. The Kier molecular flexibility index (Phi) is 1.98. The molecule has 3 nitrogen and oxygen atoms in total. The molecule has 0 aliphatic rings. The summed E-state index contributed by atoms with van der Waals surface area (Å²) < 4.78 is 13.0. The Balaban J connectivity index is 2.49. The van der Waals surface area contributed by atoms with Crippen LogP contribution in [0, 0.1) is 12.0 Å². The topological polar surface area (TPSA) is 30.7 Å². The third-order valence-electron chi connectivity index (χ3n) is 1.51. The molecule has 0 aliphatic heterocycles. The SMILES string of the molecule is Fc1cc(-n2n[c]cn2)ccc1Cl. The molecule has 0 atom stereocenters. The first-order valence-electron chi connectivity index (χ1n) is 3.51. The molecule has 0 fully saturated rings. The summed E-state index contributed by atoms with van der Waals surface area (Å²) in [5.74, 6) is -0.489. The van der Waals surface area contributed by atoms with Crippen molar-refractivity contribution in [1.29, 1.82) is 0 Å². The molecule has 0 bridgehead atoms. The molecule has 1 heterocycles. The molecule has 0 saturated heterocycles. The van der Waals surface area contributed by atoms with Crippen LogP contribution in [0.1, 0.15) is 0 Å². The van der Waals surface area contributed by atoms with Crippen LogP contribution in [-0.4, -0.2) is 15.0 Å². The van der Waals surface area contributed by atoms with Crippen LogP contribution in [0.25, 0.3) is 5.69 Å². The van der Waals surface area contributed by atoms with Crippen LogP contribution in [0.3, 0.4) is 0 Å². The van der Waals surface area contributed by atoms with Crippen molar-refractivity contribution in [1.82, 2.24) is 15.0 Å². The quantitative estimate of drug-likeness (QED) is 0.697. The molecular weight excluding hydrogens is 193 g/mol. The van der Waals surface area contributed by atoms with Crippen LogP contribution < -0.4 is 0 Å². The summed E-state index contributed by atoms with van der Waals surface area (Å²) in [6.07, 6.45) is 3.90. The van der Waals surface area contributed by atoms with Crippen molar-refractivity contribution < 1.29 is 4.39 Å². The molecule has 2 aromatic rings. The van der Waals surface area contributed by atoms with E-state index in [1.807, 2.05) is 0 Å². The molecule has 1 radical (unpaired) electrons. The van der Waals surface area contributed by atoms with E-state index in [1.165, 1.54) is 23.1 Å². The van der Waals surface area contributed by atoms with Crippen molar-refractivity contribution in [2.75, 3.05) is 0 Å². The lowest BCUT2D eigenvalue weighted by molar-refractivity contribution is 0.623. The molecule has 5 heteroatoms. The molecule has 0 saturated carbocycles. The Bertz CT molecular complexity index is 413. The van der Waals surface area contributed by atoms with Crippen molar-refractivity contribution >= 4 is 11.6 Å². The summed E-state index contributed by atoms with van der Waals surface area (Å²) in [5, 5.41) is 7.61. The van der Waals surface area contributed by atoms with E-state index in [0.29, 0.717) is 5.69 Å². The highest BCUT2D eigenvalue weighted by Gasteiger charge is 2.02. The van der Waals surface area contributed by atoms with E-state index in [0.717, 1.165) is 0 Å². The molecule has 1 aromatic heterocycles. The monoisotopic (exact) mass is 196 g/mol. The van der Waals surface area contributed by atoms with Gasteiger partial charge in [0, 0.05) is 6.07 Å². The second-order valence-corrected chi connectivity index (χ2v) is 2.77. The highest BCUT2D eigenvalue weighted by atomic mass is 35.5. The minimum absolute atomic E-state index is 0.0832. The van der Waals surface area contributed by atoms with Crippen molar-refractivity contribution in [2.45, 2.75) is 0 Å². The average molecular weight is 197 g/mol. The number of rotatable bonds is 1. The van der Waals surface area contributed by atoms with Gasteiger partial charge in [-0.2, -0.15) is 9.90 Å². The van der Waals surface area contributed by atoms with Gasteiger partial charge in [0.2, 0.25) is 0 Å². The van der Waals surface area contributed by atoms with E-state index in [2.05, 4.69) is 16.4 Å². The van der Waals surface area contributed by atoms with Gasteiger partial charge in [0.25, 0.3) is 0 Å². The Hall–Kier alpha value is -1.42. The van der Waals surface area contributed by atoms with Gasteiger partial charge in [-0.3, -0.25) is 0 Å². The molecular formula is C8H4ClFN3. The van der Waals surface area contributed by atoms with E-state index in [4.69, 9.17) is 11.6 Å². The number of aromatic nitrogens is 3. The lowest BCUT2D eigenvalue weighted by Crippen LogP contribution is -1.98. The summed E-state index contributed by atoms with van der Waals surface area (Å²) in [4.78, 5) is 1.26. The van der Waals surface area contributed by atoms with E-state index >= 15 is 0 Å². The van der Waals surface area contributed by atoms with Gasteiger partial charge >= 0.3 is 0 Å². The molecule has 0 spiro atoms. The standard InChI is InChI=1S/C8H4ClFN3/c9-7-2-1-6(5-8(7)10)13-11-3-4-12-13/h1-3,5H. The summed E-state index contributed by atoms with van der Waals surface area (Å²) in [5.41, 5.74) is 0.517. The highest BCUT2D eigenvalue weighted by Crippen LogP contribution is 2.16. The maximum atomic E-state index is 13.0. The molecule has 65 valence electrons. The number of halogens is 2. The third-order valence-corrected chi connectivity index (χ3v) is 1.82. The van der Waals surface area contributed by atoms with Crippen molar-refractivity contribution in [3.63, 3.8) is 0 Å². The average Bonchev–Trinajstić information content (AvgIpc) is 2.62. The number of benzene rings is 1. The fourth-order valence-corrected chi connectivity index (χ4v) is 1.04. The van der Waals surface area contributed by atoms with Gasteiger partial charge in [-0.05, 0) is 12.1 Å². The highest BCUT2D eigenvalue weighted by molar-refractivity contribution is 6.30. The first-order valence-corrected chi connectivity index (χ1v) is 3.89. The smallest absolute Gasteiger partial charge is 0.144 e. The fraction of sp³-hybridized carbons (Fsp3) is 0. The fourth-order valence-electron chi connectivity index (χ4n) is 0.921. The number of hydrogen-bond donors (Lipinski definition) is 0. The summed E-state index contributed by atoms with van der Waals surface area (Å²) in [6.45, 7) is 0. The van der Waals surface area contributed by atoms with Crippen LogP contribution in [0.15, 0.2) is 24.4 Å². The van der Waals surface area contributed by atoms with E-state index < -0.39 is 5.82 Å². The first kappa shape index (κ1) is 8.19. The van der Waals surface area contributed by atoms with Crippen molar-refractivity contribution in [2.24, 2.45) is 0 Å². The van der Waals surface area contributed by atoms with E-state index in [9.17, 15) is 4.39 Å². The molecule has 0 aliphatic carbocycles. The van der Waals surface area contributed by atoms with Gasteiger partial charge in [0.15, 0.2) is 0 Å². The lowest BCUT2D eigenvalue weighted by atomic mass is 10.3. The Morgan fingerprint density at radius 2 is 2.31 bits per heavy atom. The van der Waals surface area contributed by atoms with Gasteiger partial charge in [-0.1, -0.05) is 11.6 Å². The second-order valence-electron chi connectivity index (χ2n) is 2.36. The van der Waals surface area contributed by atoms with Crippen molar-refractivity contribution in [3.05, 3.63) is 41.4 Å². The minimum Gasteiger partial charge on any atom is -0.205 e. The van der Waals surface area contributed by atoms with E-state index in [1.54, 1.807) is 6.07 Å². The molecule has 1 aromatic carbocycles. The number of nitrogens with zero attached hydrogens (tertiary/aromatic N) is 3. The largest absolute Gasteiger partial charge is 0.205 e. The maximum absolute atomic E-state index is 13.0. The summed E-state index contributed by atoms with van der Waals surface area (Å²) >= 11 is 5.51. The van der Waals surface area contributed by atoms with Gasteiger partial charge in [0.05, 0.1) is 16.9 Å². The van der Waals surface area contributed by atoms with Crippen LogP contribution in [-0.2, 0) is 0 Å². The zero-order valence-electron chi connectivity index (χ0n) is 6.41. The summed E-state index contributed by atoms with van der Waals surface area (Å²) in [7, 11) is 0. The van der Waals surface area contributed by atoms with Gasteiger partial charge in [-0.25, -0.2) is 4.39 Å². The Morgan fingerprint density at radius 3 is 2.92 bits per heavy atom. The molecule has 0 N–H and O–H groups in total. The second kappa shape index (κ2) is 3.14. The normalized spacial score (nSPS) is 10.3. The molecule has 0 unspecified atom stereocenters. The Labute approximate surface area is 78.8 Å². The van der Waals surface area contributed by atoms with Gasteiger partial charge in [0.1, 0.15) is 12.0 Å². The third kappa shape index (κ3) is 1.53. The summed E-state index contributed by atoms with van der Waals surface area (Å²) in [6, 6.07) is 4.34. The minimum atomic E-state index is -0.489. The van der Waals surface area contributed by atoms with E-state index in [-0.39, 0.29) is 5.02 Å². The molecule has 13 heavy (non-hydrogen) atoms. The lowest BCUT2D eigenvalue weighted by Gasteiger charge is -1.99. The zero-order chi connectivity index (χ0) is 9.26. The molecule has 2 rings (SSSR count). The van der Waals surface area contributed by atoms with Crippen molar-refractivity contribution in [3.8, 4) is 5.69 Å².